The molecule has 2 N–H and O–H groups in total. The molecule has 1 aromatic rings. The van der Waals surface area contributed by atoms with Gasteiger partial charge in [0.05, 0.1) is 30.5 Å². The average Bonchev–Trinajstić information content (AvgIpc) is 2.77. The highest BCUT2D eigenvalue weighted by Gasteiger charge is 2.54. The number of benzene rings is 1. The van der Waals surface area contributed by atoms with Crippen molar-refractivity contribution < 1.29 is 9.47 Å². The van der Waals surface area contributed by atoms with Crippen LogP contribution in [0, 0.1) is 45.3 Å². The predicted octanol–water partition coefficient (Wildman–Crippen LogP) is 3.01. The van der Waals surface area contributed by atoms with E-state index in [9.17, 15) is 15.8 Å². The van der Waals surface area contributed by atoms with Gasteiger partial charge in [0.2, 0.25) is 0 Å². The number of likely N-dealkylation sites (N-methyl/N-ethyl adjacent to an activating group) is 1. The molecule has 1 heterocycles. The Morgan fingerprint density at radius 2 is 2.00 bits per heavy atom. The van der Waals surface area contributed by atoms with E-state index in [2.05, 4.69) is 29.7 Å². The molecular weight excluding hydrogens is 390 g/mol. The molecule has 0 saturated carbocycles. The third-order valence-electron chi connectivity index (χ3n) is 5.87. The zero-order chi connectivity index (χ0) is 22.8. The fourth-order valence-electron chi connectivity index (χ4n) is 4.40. The van der Waals surface area contributed by atoms with Crippen molar-refractivity contribution in [3.05, 3.63) is 58.8 Å². The molecule has 0 spiro atoms. The van der Waals surface area contributed by atoms with Crippen LogP contribution < -0.4 is 15.2 Å². The summed E-state index contributed by atoms with van der Waals surface area (Å²) in [5.41, 5.74) is 7.31. The van der Waals surface area contributed by atoms with Crippen LogP contribution in [0.15, 0.2) is 53.3 Å². The number of nitriles is 3. The fourth-order valence-corrected chi connectivity index (χ4v) is 4.40. The Morgan fingerprint density at radius 3 is 2.58 bits per heavy atom. The highest BCUT2D eigenvalue weighted by Crippen LogP contribution is 2.54. The summed E-state index contributed by atoms with van der Waals surface area (Å²) in [6.07, 6.45) is 1.97. The lowest BCUT2D eigenvalue weighted by molar-refractivity contribution is 0.237. The van der Waals surface area contributed by atoms with Gasteiger partial charge >= 0.3 is 0 Å². The predicted molar refractivity (Wildman–Crippen MR) is 116 cm³/mol. The number of hydrogen-bond donors (Lipinski definition) is 1. The smallest absolute Gasteiger partial charge is 0.191 e. The Morgan fingerprint density at radius 1 is 1.29 bits per heavy atom. The maximum atomic E-state index is 10.1. The first-order valence-corrected chi connectivity index (χ1v) is 9.89. The Balaban J connectivity index is 2.21. The van der Waals surface area contributed by atoms with Crippen molar-refractivity contribution in [3.8, 4) is 29.7 Å². The molecule has 0 aromatic heterocycles. The molecule has 0 radical (unpaired) electrons. The molecule has 2 atom stereocenters. The van der Waals surface area contributed by atoms with Crippen LogP contribution in [0.4, 0.5) is 0 Å². The van der Waals surface area contributed by atoms with E-state index in [1.165, 1.54) is 7.11 Å². The molecule has 7 heteroatoms. The Hall–Kier alpha value is -3.73. The number of hydrogen-bond acceptors (Lipinski definition) is 7. The van der Waals surface area contributed by atoms with Gasteiger partial charge in [-0.3, -0.25) is 0 Å². The Kier molecular flexibility index (Phi) is 6.07. The van der Waals surface area contributed by atoms with Gasteiger partial charge in [-0.2, -0.15) is 15.8 Å². The Bertz CT molecular complexity index is 1080. The van der Waals surface area contributed by atoms with E-state index in [0.29, 0.717) is 31.2 Å². The number of nitrogens with zero attached hydrogens (tertiary/aromatic N) is 4. The van der Waals surface area contributed by atoms with Crippen LogP contribution in [0.3, 0.4) is 0 Å². The lowest BCUT2D eigenvalue weighted by atomic mass is 9.58. The molecule has 1 aliphatic carbocycles. The quantitative estimate of drug-likeness (QED) is 0.734. The first-order valence-electron chi connectivity index (χ1n) is 9.89. The maximum Gasteiger partial charge on any atom is 0.191 e. The molecule has 0 saturated heterocycles. The van der Waals surface area contributed by atoms with E-state index in [1.807, 2.05) is 26.1 Å². The molecule has 7 nitrogen and oxygen atoms in total. The van der Waals surface area contributed by atoms with Crippen molar-refractivity contribution >= 4 is 0 Å². The minimum Gasteiger partial charge on any atom is -0.493 e. The average molecular weight is 415 g/mol. The second-order valence-electron chi connectivity index (χ2n) is 8.05. The topological polar surface area (TPSA) is 119 Å². The largest absolute Gasteiger partial charge is 0.493 e. The summed E-state index contributed by atoms with van der Waals surface area (Å²) in [5.74, 6) is 0.221. The van der Waals surface area contributed by atoms with Crippen LogP contribution in [0.25, 0.3) is 0 Å². The SMILES string of the molecule is C=C(C)COc1ccc([C@H]2[C@H]3CN(C)CC=C3C(C#N)=C(N)C2(C#N)C#N)cc1OC. The normalized spacial score (nSPS) is 22.3. The lowest BCUT2D eigenvalue weighted by Crippen LogP contribution is -2.47. The van der Waals surface area contributed by atoms with E-state index >= 15 is 0 Å². The molecule has 1 aliphatic heterocycles. The molecule has 1 aromatic carbocycles. The van der Waals surface area contributed by atoms with Crippen LogP contribution in [0.1, 0.15) is 18.4 Å². The zero-order valence-electron chi connectivity index (χ0n) is 18.0. The van der Waals surface area contributed by atoms with Gasteiger partial charge in [0.1, 0.15) is 12.7 Å². The lowest BCUT2D eigenvalue weighted by Gasteiger charge is -2.45. The highest BCUT2D eigenvalue weighted by molar-refractivity contribution is 5.60. The van der Waals surface area contributed by atoms with Crippen LogP contribution in [-0.4, -0.2) is 38.8 Å². The molecule has 2 aliphatic rings. The van der Waals surface area contributed by atoms with Crippen molar-refractivity contribution in [2.24, 2.45) is 17.1 Å². The minimum atomic E-state index is -1.67. The highest BCUT2D eigenvalue weighted by atomic mass is 16.5. The first kappa shape index (κ1) is 22.0. The Labute approximate surface area is 182 Å². The first-order chi connectivity index (χ1) is 14.8. The van der Waals surface area contributed by atoms with E-state index in [1.54, 1.807) is 12.1 Å². The second kappa shape index (κ2) is 8.56. The number of rotatable bonds is 5. The van der Waals surface area contributed by atoms with Crippen LogP contribution in [-0.2, 0) is 0 Å². The fraction of sp³-hybridized carbons (Fsp3) is 0.375. The van der Waals surface area contributed by atoms with E-state index in [0.717, 1.165) is 16.7 Å². The molecule has 31 heavy (non-hydrogen) atoms. The maximum absolute atomic E-state index is 10.1. The van der Waals surface area contributed by atoms with Gasteiger partial charge < -0.3 is 20.1 Å². The van der Waals surface area contributed by atoms with Crippen LogP contribution in [0.2, 0.25) is 0 Å². The molecule has 3 rings (SSSR count). The second-order valence-corrected chi connectivity index (χ2v) is 8.05. The van der Waals surface area contributed by atoms with Gasteiger partial charge in [-0.1, -0.05) is 18.7 Å². The third kappa shape index (κ3) is 3.63. The van der Waals surface area contributed by atoms with E-state index in [4.69, 9.17) is 15.2 Å². The number of fused-ring (bicyclic) bond motifs is 1. The van der Waals surface area contributed by atoms with Gasteiger partial charge in [0.25, 0.3) is 0 Å². The van der Waals surface area contributed by atoms with Gasteiger partial charge in [0, 0.05) is 24.9 Å². The third-order valence-corrected chi connectivity index (χ3v) is 5.87. The molecular formula is C24H25N5O2. The van der Waals surface area contributed by atoms with E-state index in [-0.39, 0.29) is 17.2 Å². The molecule has 158 valence electrons. The summed E-state index contributed by atoms with van der Waals surface area (Å²) in [4.78, 5) is 2.10. The number of allylic oxidation sites excluding steroid dienone is 2. The molecule has 0 amide bonds. The summed E-state index contributed by atoms with van der Waals surface area (Å²) in [5, 5.41) is 30.1. The van der Waals surface area contributed by atoms with E-state index < -0.39 is 11.3 Å². The summed E-state index contributed by atoms with van der Waals surface area (Å²) >= 11 is 0. The summed E-state index contributed by atoms with van der Waals surface area (Å²) < 4.78 is 11.3. The van der Waals surface area contributed by atoms with Gasteiger partial charge in [-0.25, -0.2) is 0 Å². The minimum absolute atomic E-state index is 0.0126. The van der Waals surface area contributed by atoms with Crippen molar-refractivity contribution in [2.75, 3.05) is 33.9 Å². The van der Waals surface area contributed by atoms with Gasteiger partial charge in [0.15, 0.2) is 16.9 Å². The number of methoxy groups -OCH3 is 1. The summed E-state index contributed by atoms with van der Waals surface area (Å²) in [7, 11) is 3.50. The number of nitrogens with two attached hydrogens (primary N) is 1. The number of ether oxygens (including phenoxy) is 2. The van der Waals surface area contributed by atoms with Crippen molar-refractivity contribution in [1.29, 1.82) is 15.8 Å². The van der Waals surface area contributed by atoms with Crippen molar-refractivity contribution in [3.63, 3.8) is 0 Å². The van der Waals surface area contributed by atoms with Crippen LogP contribution in [0.5, 0.6) is 11.5 Å². The molecule has 0 fully saturated rings. The molecule has 0 unspecified atom stereocenters. The summed E-state index contributed by atoms with van der Waals surface area (Å²) in [6, 6.07) is 11.8. The summed E-state index contributed by atoms with van der Waals surface area (Å²) in [6.45, 7) is 7.32. The molecule has 0 bridgehead atoms. The monoisotopic (exact) mass is 415 g/mol. The van der Waals surface area contributed by atoms with Crippen molar-refractivity contribution in [1.82, 2.24) is 4.90 Å². The zero-order valence-corrected chi connectivity index (χ0v) is 18.0. The van der Waals surface area contributed by atoms with Gasteiger partial charge in [-0.15, -0.1) is 0 Å². The van der Waals surface area contributed by atoms with Crippen molar-refractivity contribution in [2.45, 2.75) is 12.8 Å². The standard InChI is InChI=1S/C24H25N5O2/c1-15(2)12-31-20-6-5-16(9-21(20)30-4)22-19-11-29(3)8-7-17(19)18(10-25)23(28)24(22,13-26)14-27/h5-7,9,19,22H,1,8,11-12,28H2,2-4H3/t19-,22-/m0/s1. The van der Waals surface area contributed by atoms with Gasteiger partial charge in [-0.05, 0) is 42.8 Å². The van der Waals surface area contributed by atoms with Crippen LogP contribution >= 0.6 is 0 Å².